The van der Waals surface area contributed by atoms with Crippen LogP contribution in [-0.2, 0) is 0 Å². The molecule has 0 aliphatic heterocycles. The van der Waals surface area contributed by atoms with E-state index in [9.17, 15) is 8.78 Å². The Bertz CT molecular complexity index is 644. The zero-order chi connectivity index (χ0) is 14.9. The lowest BCUT2D eigenvalue weighted by Gasteiger charge is -2.21. The van der Waals surface area contributed by atoms with Gasteiger partial charge in [0.05, 0.1) is 6.04 Å². The first-order valence-electron chi connectivity index (χ1n) is 6.12. The van der Waals surface area contributed by atoms with Crippen molar-refractivity contribution in [2.24, 2.45) is 5.84 Å². The third-order valence-corrected chi connectivity index (χ3v) is 3.82. The van der Waals surface area contributed by atoms with Gasteiger partial charge in [0, 0.05) is 10.0 Å². The molecular formula is C15H15BrF2N2. The molecule has 5 heteroatoms. The van der Waals surface area contributed by atoms with Gasteiger partial charge in [-0.3, -0.25) is 5.84 Å². The van der Waals surface area contributed by atoms with Gasteiger partial charge in [-0.1, -0.05) is 28.1 Å². The minimum atomic E-state index is -0.743. The molecule has 106 valence electrons. The summed E-state index contributed by atoms with van der Waals surface area (Å²) in [6.07, 6.45) is 0. The summed E-state index contributed by atoms with van der Waals surface area (Å²) < 4.78 is 29.1. The van der Waals surface area contributed by atoms with Crippen LogP contribution < -0.4 is 11.3 Å². The topological polar surface area (TPSA) is 38.0 Å². The molecule has 1 atom stereocenters. The Kier molecular flexibility index (Phi) is 4.52. The maximum Gasteiger partial charge on any atom is 0.134 e. The normalized spacial score (nSPS) is 12.5. The molecule has 0 amide bonds. The molecule has 2 nitrogen and oxygen atoms in total. The Morgan fingerprint density at radius 2 is 1.75 bits per heavy atom. The van der Waals surface area contributed by atoms with Crippen LogP contribution in [0, 0.1) is 25.5 Å². The van der Waals surface area contributed by atoms with Crippen LogP contribution in [0.5, 0.6) is 0 Å². The van der Waals surface area contributed by atoms with Crippen LogP contribution in [0.4, 0.5) is 8.78 Å². The molecule has 0 aromatic heterocycles. The van der Waals surface area contributed by atoms with E-state index in [0.717, 1.165) is 15.6 Å². The summed E-state index contributed by atoms with van der Waals surface area (Å²) >= 11 is 3.36. The van der Waals surface area contributed by atoms with Gasteiger partial charge in [-0.2, -0.15) is 0 Å². The van der Waals surface area contributed by atoms with Crippen molar-refractivity contribution in [1.29, 1.82) is 0 Å². The standard InChI is InChI=1S/C15H15BrF2N2/c1-8-3-5-10(16)7-11(8)15(20-19)13-12(17)6-4-9(2)14(13)18/h3-7,15,20H,19H2,1-2H3. The third kappa shape index (κ3) is 2.75. The molecule has 3 N–H and O–H groups in total. The molecule has 0 aliphatic rings. The summed E-state index contributed by atoms with van der Waals surface area (Å²) in [5.74, 6) is 4.35. The molecule has 0 bridgehead atoms. The molecule has 2 rings (SSSR count). The number of nitrogens with two attached hydrogens (primary N) is 1. The number of hydrazine groups is 1. The monoisotopic (exact) mass is 340 g/mol. The molecule has 0 spiro atoms. The van der Waals surface area contributed by atoms with Crippen LogP contribution in [-0.4, -0.2) is 0 Å². The van der Waals surface area contributed by atoms with Crippen LogP contribution in [0.15, 0.2) is 34.8 Å². The van der Waals surface area contributed by atoms with Crippen molar-refractivity contribution >= 4 is 15.9 Å². The largest absolute Gasteiger partial charge is 0.271 e. The fourth-order valence-corrected chi connectivity index (χ4v) is 2.57. The molecule has 0 fully saturated rings. The van der Waals surface area contributed by atoms with Gasteiger partial charge in [0.15, 0.2) is 0 Å². The fourth-order valence-electron chi connectivity index (χ4n) is 2.19. The fraction of sp³-hybridized carbons (Fsp3) is 0.200. The second kappa shape index (κ2) is 5.99. The summed E-state index contributed by atoms with van der Waals surface area (Å²) in [6, 6.07) is 7.47. The van der Waals surface area contributed by atoms with Crippen molar-refractivity contribution in [3.63, 3.8) is 0 Å². The van der Waals surface area contributed by atoms with Crippen molar-refractivity contribution < 1.29 is 8.78 Å². The summed E-state index contributed by atoms with van der Waals surface area (Å²) in [6.45, 7) is 3.47. The van der Waals surface area contributed by atoms with Gasteiger partial charge in [0.1, 0.15) is 11.6 Å². The molecule has 1 unspecified atom stereocenters. The van der Waals surface area contributed by atoms with Crippen LogP contribution >= 0.6 is 15.9 Å². The number of hydrogen-bond acceptors (Lipinski definition) is 2. The maximum absolute atomic E-state index is 14.3. The second-order valence-corrected chi connectivity index (χ2v) is 5.61. The highest BCUT2D eigenvalue weighted by atomic mass is 79.9. The van der Waals surface area contributed by atoms with Gasteiger partial charge in [-0.25, -0.2) is 14.2 Å². The van der Waals surface area contributed by atoms with Gasteiger partial charge in [-0.15, -0.1) is 0 Å². The molecule has 2 aromatic rings. The lowest BCUT2D eigenvalue weighted by molar-refractivity contribution is 0.505. The first-order chi connectivity index (χ1) is 9.45. The van der Waals surface area contributed by atoms with Gasteiger partial charge in [-0.05, 0) is 48.7 Å². The van der Waals surface area contributed by atoms with Crippen LogP contribution in [0.2, 0.25) is 0 Å². The van der Waals surface area contributed by atoms with E-state index in [1.165, 1.54) is 12.1 Å². The molecule has 0 heterocycles. The first-order valence-corrected chi connectivity index (χ1v) is 6.91. The van der Waals surface area contributed by atoms with E-state index in [2.05, 4.69) is 21.4 Å². The molecule has 0 radical (unpaired) electrons. The quantitative estimate of drug-likeness (QED) is 0.656. The Labute approximate surface area is 125 Å². The number of nitrogens with one attached hydrogen (secondary N) is 1. The molecule has 0 saturated heterocycles. The first kappa shape index (κ1) is 15.1. The third-order valence-electron chi connectivity index (χ3n) is 3.33. The zero-order valence-electron chi connectivity index (χ0n) is 11.2. The van der Waals surface area contributed by atoms with E-state index in [-0.39, 0.29) is 5.56 Å². The summed E-state index contributed by atoms with van der Waals surface area (Å²) in [7, 11) is 0. The molecule has 2 aromatic carbocycles. The zero-order valence-corrected chi connectivity index (χ0v) is 12.8. The second-order valence-electron chi connectivity index (χ2n) is 4.69. The Balaban J connectivity index is 2.64. The summed E-state index contributed by atoms with van der Waals surface area (Å²) in [5.41, 5.74) is 4.46. The molecular weight excluding hydrogens is 326 g/mol. The van der Waals surface area contributed by atoms with Gasteiger partial charge < -0.3 is 0 Å². The highest BCUT2D eigenvalue weighted by Crippen LogP contribution is 2.31. The van der Waals surface area contributed by atoms with Crippen LogP contribution in [0.3, 0.4) is 0 Å². The van der Waals surface area contributed by atoms with Crippen molar-refractivity contribution in [3.8, 4) is 0 Å². The predicted octanol–water partition coefficient (Wildman–Crippen LogP) is 3.90. The van der Waals surface area contributed by atoms with E-state index in [1.807, 2.05) is 19.1 Å². The average molecular weight is 341 g/mol. The molecule has 0 aliphatic carbocycles. The number of halogens is 3. The lowest BCUT2D eigenvalue weighted by atomic mass is 9.93. The highest BCUT2D eigenvalue weighted by Gasteiger charge is 2.23. The summed E-state index contributed by atoms with van der Waals surface area (Å²) in [5, 5.41) is 0. The Morgan fingerprint density at radius 1 is 1.10 bits per heavy atom. The van der Waals surface area contributed by atoms with Crippen molar-refractivity contribution in [3.05, 3.63) is 68.7 Å². The molecule has 20 heavy (non-hydrogen) atoms. The molecule has 0 saturated carbocycles. The number of benzene rings is 2. The lowest BCUT2D eigenvalue weighted by Crippen LogP contribution is -2.31. The van der Waals surface area contributed by atoms with E-state index in [0.29, 0.717) is 5.56 Å². The van der Waals surface area contributed by atoms with E-state index in [4.69, 9.17) is 5.84 Å². The maximum atomic E-state index is 14.3. The average Bonchev–Trinajstić information content (AvgIpc) is 2.42. The van der Waals surface area contributed by atoms with Gasteiger partial charge in [0.2, 0.25) is 0 Å². The number of hydrogen-bond donors (Lipinski definition) is 2. The van der Waals surface area contributed by atoms with Crippen molar-refractivity contribution in [1.82, 2.24) is 5.43 Å². The highest BCUT2D eigenvalue weighted by molar-refractivity contribution is 9.10. The number of aryl methyl sites for hydroxylation is 2. The van der Waals surface area contributed by atoms with Crippen molar-refractivity contribution in [2.75, 3.05) is 0 Å². The van der Waals surface area contributed by atoms with E-state index >= 15 is 0 Å². The minimum Gasteiger partial charge on any atom is -0.271 e. The predicted molar refractivity (Wildman–Crippen MR) is 79.1 cm³/mol. The smallest absolute Gasteiger partial charge is 0.134 e. The number of rotatable bonds is 3. The minimum absolute atomic E-state index is 0.0614. The van der Waals surface area contributed by atoms with Crippen LogP contribution in [0.1, 0.15) is 28.3 Å². The van der Waals surface area contributed by atoms with E-state index in [1.54, 1.807) is 13.0 Å². The van der Waals surface area contributed by atoms with E-state index < -0.39 is 17.7 Å². The van der Waals surface area contributed by atoms with Crippen LogP contribution in [0.25, 0.3) is 0 Å². The van der Waals surface area contributed by atoms with Gasteiger partial charge >= 0.3 is 0 Å². The SMILES string of the molecule is Cc1ccc(Br)cc1C(NN)c1c(F)ccc(C)c1F. The Hall–Kier alpha value is -1.30. The Morgan fingerprint density at radius 3 is 2.40 bits per heavy atom. The van der Waals surface area contributed by atoms with Crippen molar-refractivity contribution in [2.45, 2.75) is 19.9 Å². The van der Waals surface area contributed by atoms with Gasteiger partial charge in [0.25, 0.3) is 0 Å². The summed E-state index contributed by atoms with van der Waals surface area (Å²) in [4.78, 5) is 0.